The molecule has 2 fully saturated rings. The van der Waals surface area contributed by atoms with E-state index in [1.54, 1.807) is 34.3 Å². The number of hydrogen-bond acceptors (Lipinski definition) is 14. The highest BCUT2D eigenvalue weighted by molar-refractivity contribution is 9.11. The average molecular weight is 896 g/mol. The lowest BCUT2D eigenvalue weighted by atomic mass is 9.93. The van der Waals surface area contributed by atoms with Crippen molar-refractivity contribution < 1.29 is 28.5 Å². The molecule has 0 amide bonds. The summed E-state index contributed by atoms with van der Waals surface area (Å²) in [7, 11) is 3.54. The van der Waals surface area contributed by atoms with Crippen molar-refractivity contribution in [3.63, 3.8) is 0 Å². The fourth-order valence-electron chi connectivity index (χ4n) is 4.76. The number of rotatable bonds is 12. The highest BCUT2D eigenvalue weighted by Crippen LogP contribution is 2.26. The molecule has 2 heterocycles. The lowest BCUT2D eigenvalue weighted by Gasteiger charge is -2.29. The van der Waals surface area contributed by atoms with E-state index in [0.717, 1.165) is 51.4 Å². The van der Waals surface area contributed by atoms with Crippen LogP contribution in [0.2, 0.25) is 0 Å². The summed E-state index contributed by atoms with van der Waals surface area (Å²) in [6, 6.07) is 0.768. The second-order valence-corrected chi connectivity index (χ2v) is 13.0. The third-order valence-electron chi connectivity index (χ3n) is 7.26. The molecular weight excluding hydrogens is 848 g/mol. The Bertz CT molecular complexity index is 1230. The Balaban J connectivity index is 0.000000395. The number of carbonyl (C=O) groups is 2. The second kappa shape index (κ2) is 25.1. The van der Waals surface area contributed by atoms with Crippen molar-refractivity contribution in [1.82, 2.24) is 19.9 Å². The molecule has 0 bridgehead atoms. The van der Waals surface area contributed by atoms with Gasteiger partial charge in [-0.1, -0.05) is 0 Å². The first kappa shape index (κ1) is 44.1. The lowest BCUT2D eigenvalue weighted by molar-refractivity contribution is -0.141. The molecule has 0 radical (unpaired) electrons. The molecule has 2 aromatic heterocycles. The maximum absolute atomic E-state index is 11.5. The quantitative estimate of drug-likeness (QED) is 0.146. The molecule has 2 aromatic rings. The van der Waals surface area contributed by atoms with E-state index in [2.05, 4.69) is 83.7 Å². The minimum absolute atomic E-state index is 0. The molecule has 2 aliphatic rings. The summed E-state index contributed by atoms with van der Waals surface area (Å²) < 4.78 is 22.0. The predicted octanol–water partition coefficient (Wildman–Crippen LogP) is 5.88. The molecule has 48 heavy (non-hydrogen) atoms. The maximum Gasteiger partial charge on any atom is 0.325 e. The molecule has 0 aromatic carbocycles. The third kappa shape index (κ3) is 17.7. The Morgan fingerprint density at radius 3 is 1.69 bits per heavy atom. The highest BCUT2D eigenvalue weighted by Gasteiger charge is 2.22. The van der Waals surface area contributed by atoms with Gasteiger partial charge in [0.2, 0.25) is 0 Å². The largest absolute Gasteiger partial charge is 0.465 e. The first-order valence-electron chi connectivity index (χ1n) is 15.7. The number of anilines is 3. The number of nitrogens with two attached hydrogens (primary N) is 1. The van der Waals surface area contributed by atoms with E-state index in [1.165, 1.54) is 6.20 Å². The van der Waals surface area contributed by atoms with Crippen LogP contribution in [0.5, 0.6) is 0 Å². The molecule has 14 nitrogen and oxygen atoms in total. The zero-order valence-corrected chi connectivity index (χ0v) is 33.4. The van der Waals surface area contributed by atoms with Crippen molar-refractivity contribution in [2.24, 2.45) is 5.73 Å². The average Bonchev–Trinajstić information content (AvgIpc) is 3.06. The van der Waals surface area contributed by atoms with E-state index in [0.29, 0.717) is 68.8 Å². The number of aromatic nitrogens is 4. The van der Waals surface area contributed by atoms with E-state index in [1.807, 2.05) is 0 Å². The Hall–Kier alpha value is -1.89. The molecule has 0 unspecified atom stereocenters. The minimum atomic E-state index is -0.325. The molecule has 272 valence electrons. The van der Waals surface area contributed by atoms with Gasteiger partial charge in [-0.3, -0.25) is 9.59 Å². The fraction of sp³-hybridized carbons (Fsp3) is 0.667. The van der Waals surface area contributed by atoms with Crippen molar-refractivity contribution in [2.75, 3.05) is 56.5 Å². The maximum atomic E-state index is 11.5. The SMILES string of the molecule is CCO[13C](=O)[13CH2]Nc1ncc(Br)nc1Br.CCO[13C](=O)[13CH2]Nc1ncc(Br)nc1NC1CCC(OC)CC1.COC1CCC(N)CC1.Cl. The number of methoxy groups -OCH3 is 2. The molecule has 0 spiro atoms. The molecular formula is C30H48Br3ClN8O6. The van der Waals surface area contributed by atoms with Gasteiger partial charge in [-0.2, -0.15) is 0 Å². The molecule has 5 N–H and O–H groups in total. The standard InChI is InChI=1S/C15H23BrN4O3.C8H9Br2N3O2.C7H15NO.ClH/c1-3-23-13(21)9-18-14-15(20-12(16)8-17-14)19-10-4-6-11(22-2)7-5-10;1-2-15-6(14)4-12-8-7(10)13-5(9)3-11-8;1-9-7-4-2-6(8)3-5-7;/h8,10-11H,3-7,9H2,1-2H3,(H,17,18)(H,19,20);3H,2,4H2,1H3,(H,11,12);6-7H,2-5,8H2,1H3;1H/i9+1,13+1;4+1,6+1;;. The van der Waals surface area contributed by atoms with Gasteiger partial charge >= 0.3 is 11.9 Å². The Morgan fingerprint density at radius 1 is 0.750 bits per heavy atom. The number of ether oxygens (including phenoxy) is 4. The number of esters is 2. The van der Waals surface area contributed by atoms with Gasteiger partial charge < -0.3 is 40.6 Å². The van der Waals surface area contributed by atoms with Crippen molar-refractivity contribution in [2.45, 2.75) is 89.5 Å². The van der Waals surface area contributed by atoms with Crippen LogP contribution in [-0.2, 0) is 28.5 Å². The summed E-state index contributed by atoms with van der Waals surface area (Å²) in [5, 5.41) is 9.20. The first-order valence-corrected chi connectivity index (χ1v) is 18.0. The van der Waals surface area contributed by atoms with Crippen LogP contribution in [0.3, 0.4) is 0 Å². The smallest absolute Gasteiger partial charge is 0.325 e. The molecule has 0 atom stereocenters. The zero-order valence-electron chi connectivity index (χ0n) is 27.8. The van der Waals surface area contributed by atoms with Crippen LogP contribution in [0.1, 0.15) is 65.2 Å². The van der Waals surface area contributed by atoms with Gasteiger partial charge in [0.05, 0.1) is 37.8 Å². The van der Waals surface area contributed by atoms with Crippen molar-refractivity contribution in [3.05, 3.63) is 26.2 Å². The summed E-state index contributed by atoms with van der Waals surface area (Å²) in [5.41, 5.74) is 5.70. The van der Waals surface area contributed by atoms with Gasteiger partial charge in [-0.05, 0) is 113 Å². The fourth-order valence-corrected chi connectivity index (χ4v) is 5.99. The number of nitrogens with zero attached hydrogens (tertiary/aromatic N) is 4. The second-order valence-electron chi connectivity index (χ2n) is 10.7. The van der Waals surface area contributed by atoms with Crippen molar-refractivity contribution >= 4 is 89.6 Å². The molecule has 0 saturated heterocycles. The third-order valence-corrected chi connectivity index (χ3v) is 8.57. The van der Waals surface area contributed by atoms with E-state index in [9.17, 15) is 9.59 Å². The van der Waals surface area contributed by atoms with E-state index in [-0.39, 0.29) is 37.4 Å². The van der Waals surface area contributed by atoms with Crippen molar-refractivity contribution in [3.8, 4) is 0 Å². The number of carbonyl (C=O) groups excluding carboxylic acids is 2. The van der Waals surface area contributed by atoms with E-state index >= 15 is 0 Å². The van der Waals surface area contributed by atoms with Crippen LogP contribution < -0.4 is 21.7 Å². The predicted molar refractivity (Wildman–Crippen MR) is 199 cm³/mol. The number of halogens is 4. The van der Waals surface area contributed by atoms with Crippen LogP contribution in [-0.4, -0.2) is 96.7 Å². The van der Waals surface area contributed by atoms with Crippen LogP contribution in [0.15, 0.2) is 26.2 Å². The molecule has 18 heteroatoms. The monoisotopic (exact) mass is 892 g/mol. The number of nitrogens with one attached hydrogen (secondary N) is 3. The van der Waals surface area contributed by atoms with Gasteiger partial charge in [0.15, 0.2) is 17.5 Å². The molecule has 0 aliphatic heterocycles. The van der Waals surface area contributed by atoms with E-state index in [4.69, 9.17) is 24.7 Å². The van der Waals surface area contributed by atoms with E-state index < -0.39 is 0 Å². The Kier molecular flexibility index (Phi) is 23.1. The lowest BCUT2D eigenvalue weighted by Crippen LogP contribution is -2.30. The zero-order chi connectivity index (χ0) is 34.6. The van der Waals surface area contributed by atoms with Gasteiger partial charge in [-0.15, -0.1) is 12.4 Å². The summed E-state index contributed by atoms with van der Waals surface area (Å²) in [6.07, 6.45) is 12.6. The summed E-state index contributed by atoms with van der Waals surface area (Å²) in [6.45, 7) is 4.40. The van der Waals surface area contributed by atoms with Gasteiger partial charge in [0.1, 0.15) is 26.9 Å². The minimum Gasteiger partial charge on any atom is -0.465 e. The highest BCUT2D eigenvalue weighted by atomic mass is 79.9. The van der Waals surface area contributed by atoms with Crippen LogP contribution >= 0.6 is 60.2 Å². The van der Waals surface area contributed by atoms with Crippen LogP contribution in [0, 0.1) is 0 Å². The first-order chi connectivity index (χ1) is 22.6. The van der Waals surface area contributed by atoms with Crippen LogP contribution in [0.4, 0.5) is 17.5 Å². The molecule has 2 saturated carbocycles. The summed E-state index contributed by atoms with van der Waals surface area (Å²) >= 11 is 9.73. The number of hydrogen-bond donors (Lipinski definition) is 4. The van der Waals surface area contributed by atoms with Gasteiger partial charge in [-0.25, -0.2) is 19.9 Å². The molecule has 4 rings (SSSR count). The topological polar surface area (TPSA) is 185 Å². The van der Waals surface area contributed by atoms with Gasteiger partial charge in [0.25, 0.3) is 0 Å². The Morgan fingerprint density at radius 2 is 1.21 bits per heavy atom. The normalized spacial score (nSPS) is 19.9. The summed E-state index contributed by atoms with van der Waals surface area (Å²) in [4.78, 5) is 39.3. The molecule has 2 aliphatic carbocycles. The van der Waals surface area contributed by atoms with Crippen LogP contribution in [0.25, 0.3) is 0 Å². The van der Waals surface area contributed by atoms with Gasteiger partial charge in [0, 0.05) is 26.3 Å². The summed E-state index contributed by atoms with van der Waals surface area (Å²) in [5.74, 6) is 1.06. The Labute approximate surface area is 314 Å². The van der Waals surface area contributed by atoms with Crippen molar-refractivity contribution in [1.29, 1.82) is 0 Å².